The number of benzene rings is 4. The van der Waals surface area contributed by atoms with Gasteiger partial charge in [0.05, 0.1) is 59.4 Å². The standard InChI is InChI=1S/C44H48N6O6/c1-3-53-33-23-39(49(25-33)43(51)55-27-31-11-7-5-8-12-31)41-45-35-19-17-29(21-37(35)47-41)15-16-30-18-20-36-38(22-30)48-42(46-36)40-24-34(54-4-2)26-50(40)44(52)56-28-32-13-9-6-10-14-32/h5-14,17-22,33-34,39-40H,3-4,15-16,23-28H2,1-2H3,(H,45,47)(H,46,48)/t33-,34-,39+,40+/m1/s1. The number of carbonyl (C=O) groups excluding carboxylic acids is 2. The molecule has 4 aromatic carbocycles. The van der Waals surface area contributed by atoms with Crippen molar-refractivity contribution in [2.45, 2.75) is 77.0 Å². The maximum absolute atomic E-state index is 13.3. The van der Waals surface area contributed by atoms with E-state index in [0.717, 1.165) is 57.7 Å². The normalized spacial score (nSPS) is 19.6. The number of hydrogen-bond acceptors (Lipinski definition) is 8. The largest absolute Gasteiger partial charge is 0.445 e. The molecule has 0 unspecified atom stereocenters. The lowest BCUT2D eigenvalue weighted by Crippen LogP contribution is -2.33. The van der Waals surface area contributed by atoms with E-state index in [0.29, 0.717) is 39.1 Å². The molecule has 2 aliphatic heterocycles. The number of rotatable bonds is 13. The lowest BCUT2D eigenvalue weighted by molar-refractivity contribution is 0.0610. The van der Waals surface area contributed by atoms with Crippen LogP contribution in [0.4, 0.5) is 9.59 Å². The highest BCUT2D eigenvalue weighted by atomic mass is 16.6. The average molecular weight is 757 g/mol. The Kier molecular flexibility index (Phi) is 11.3. The maximum atomic E-state index is 13.3. The van der Waals surface area contributed by atoms with Gasteiger partial charge in [0.2, 0.25) is 0 Å². The molecule has 2 saturated heterocycles. The SMILES string of the molecule is CCO[C@@H]1C[C@@H](c2nc3ccc(CCc4ccc5nc([C@@H]6C[C@@H](OCC)CN6C(=O)OCc6ccccc6)[nH]c5c4)cc3[nH]2)N(C(=O)OCc2ccccc2)C1. The van der Waals surface area contributed by atoms with Crippen LogP contribution in [0.2, 0.25) is 0 Å². The Balaban J connectivity index is 0.931. The molecule has 0 aliphatic carbocycles. The molecule has 2 amide bonds. The van der Waals surface area contributed by atoms with Crippen LogP contribution in [0.25, 0.3) is 22.1 Å². The first-order chi connectivity index (χ1) is 27.4. The summed E-state index contributed by atoms with van der Waals surface area (Å²) in [4.78, 5) is 46.9. The minimum Gasteiger partial charge on any atom is -0.445 e. The zero-order valence-corrected chi connectivity index (χ0v) is 31.9. The number of aromatic nitrogens is 4. The summed E-state index contributed by atoms with van der Waals surface area (Å²) in [6, 6.07) is 31.4. The Morgan fingerprint density at radius 3 is 1.45 bits per heavy atom. The molecule has 290 valence electrons. The second-order valence-electron chi connectivity index (χ2n) is 14.5. The molecule has 2 aliphatic rings. The number of aryl methyl sites for hydroxylation is 2. The van der Waals surface area contributed by atoms with Crippen LogP contribution in [0.15, 0.2) is 97.1 Å². The summed E-state index contributed by atoms with van der Waals surface area (Å²) >= 11 is 0. The van der Waals surface area contributed by atoms with Crippen molar-refractivity contribution in [1.82, 2.24) is 29.7 Å². The third kappa shape index (κ3) is 8.41. The van der Waals surface area contributed by atoms with Crippen molar-refractivity contribution in [2.75, 3.05) is 26.3 Å². The minimum atomic E-state index is -0.375. The lowest BCUT2D eigenvalue weighted by atomic mass is 10.0. The Hall–Kier alpha value is -5.72. The van der Waals surface area contributed by atoms with E-state index in [4.69, 9.17) is 28.9 Å². The summed E-state index contributed by atoms with van der Waals surface area (Å²) in [6.45, 7) is 6.39. The summed E-state index contributed by atoms with van der Waals surface area (Å²) in [5.41, 5.74) is 7.78. The quantitative estimate of drug-likeness (QED) is 0.120. The van der Waals surface area contributed by atoms with Crippen molar-refractivity contribution in [3.05, 3.63) is 131 Å². The van der Waals surface area contributed by atoms with Gasteiger partial charge in [0, 0.05) is 26.1 Å². The summed E-state index contributed by atoms with van der Waals surface area (Å²) < 4.78 is 23.3. The van der Waals surface area contributed by atoms with Crippen molar-refractivity contribution in [2.24, 2.45) is 0 Å². The molecule has 8 rings (SSSR count). The van der Waals surface area contributed by atoms with Crippen molar-refractivity contribution >= 4 is 34.3 Å². The fourth-order valence-electron chi connectivity index (χ4n) is 7.90. The number of likely N-dealkylation sites (tertiary alicyclic amines) is 2. The topological polar surface area (TPSA) is 135 Å². The number of aromatic amines is 2. The second kappa shape index (κ2) is 17.0. The Labute approximate surface area is 326 Å². The summed E-state index contributed by atoms with van der Waals surface area (Å²) in [5, 5.41) is 0. The van der Waals surface area contributed by atoms with Gasteiger partial charge in [-0.3, -0.25) is 9.80 Å². The van der Waals surface area contributed by atoms with Crippen LogP contribution in [0.3, 0.4) is 0 Å². The first-order valence-corrected chi connectivity index (χ1v) is 19.6. The van der Waals surface area contributed by atoms with Gasteiger partial charge in [0.1, 0.15) is 24.9 Å². The molecule has 4 atom stereocenters. The monoisotopic (exact) mass is 756 g/mol. The highest BCUT2D eigenvalue weighted by Crippen LogP contribution is 2.35. The van der Waals surface area contributed by atoms with E-state index >= 15 is 0 Å². The van der Waals surface area contributed by atoms with Gasteiger partial charge in [-0.15, -0.1) is 0 Å². The first-order valence-electron chi connectivity index (χ1n) is 19.6. The fraction of sp³-hybridized carbons (Fsp3) is 0.364. The van der Waals surface area contributed by atoms with Crippen LogP contribution >= 0.6 is 0 Å². The molecule has 0 spiro atoms. The summed E-state index contributed by atoms with van der Waals surface area (Å²) in [7, 11) is 0. The highest BCUT2D eigenvalue weighted by molar-refractivity contribution is 5.78. The van der Waals surface area contributed by atoms with Crippen LogP contribution in [-0.4, -0.2) is 80.4 Å². The molecule has 12 heteroatoms. The third-order valence-corrected chi connectivity index (χ3v) is 10.7. The van der Waals surface area contributed by atoms with Gasteiger partial charge in [-0.25, -0.2) is 19.6 Å². The Bertz CT molecular complexity index is 2100. The van der Waals surface area contributed by atoms with E-state index in [1.165, 1.54) is 11.1 Å². The molecule has 56 heavy (non-hydrogen) atoms. The Morgan fingerprint density at radius 2 is 1.04 bits per heavy atom. The van der Waals surface area contributed by atoms with Gasteiger partial charge in [0.15, 0.2) is 0 Å². The Morgan fingerprint density at radius 1 is 0.607 bits per heavy atom. The molecule has 2 fully saturated rings. The zero-order chi connectivity index (χ0) is 38.4. The molecule has 12 nitrogen and oxygen atoms in total. The minimum absolute atomic E-state index is 0.0909. The van der Waals surface area contributed by atoms with E-state index in [9.17, 15) is 9.59 Å². The van der Waals surface area contributed by atoms with Gasteiger partial charge in [-0.05, 0) is 73.2 Å². The molecule has 0 bridgehead atoms. The number of carbonyl (C=O) groups is 2. The van der Waals surface area contributed by atoms with Gasteiger partial charge < -0.3 is 28.9 Å². The van der Waals surface area contributed by atoms with Crippen LogP contribution < -0.4 is 0 Å². The van der Waals surface area contributed by atoms with E-state index < -0.39 is 0 Å². The average Bonchev–Trinajstić information content (AvgIpc) is 4.03. The van der Waals surface area contributed by atoms with Gasteiger partial charge >= 0.3 is 12.2 Å². The number of ether oxygens (including phenoxy) is 4. The van der Waals surface area contributed by atoms with Crippen molar-refractivity contribution in [3.63, 3.8) is 0 Å². The van der Waals surface area contributed by atoms with Crippen LogP contribution in [0.1, 0.15) is 72.7 Å². The van der Waals surface area contributed by atoms with Gasteiger partial charge in [-0.1, -0.05) is 72.8 Å². The number of nitrogens with one attached hydrogen (secondary N) is 2. The van der Waals surface area contributed by atoms with E-state index in [2.05, 4.69) is 34.2 Å². The number of amides is 2. The maximum Gasteiger partial charge on any atom is 0.410 e. The summed E-state index contributed by atoms with van der Waals surface area (Å²) in [5.74, 6) is 1.46. The van der Waals surface area contributed by atoms with Crippen LogP contribution in [0, 0.1) is 0 Å². The molecule has 4 heterocycles. The molecular formula is C44H48N6O6. The molecule has 0 radical (unpaired) electrons. The zero-order valence-electron chi connectivity index (χ0n) is 31.9. The third-order valence-electron chi connectivity index (χ3n) is 10.7. The summed E-state index contributed by atoms with van der Waals surface area (Å²) in [6.07, 6.45) is 2.00. The van der Waals surface area contributed by atoms with Gasteiger partial charge in [-0.2, -0.15) is 0 Å². The first kappa shape index (κ1) is 37.2. The number of imidazole rings is 2. The lowest BCUT2D eigenvalue weighted by Gasteiger charge is -2.22. The number of fused-ring (bicyclic) bond motifs is 2. The molecule has 6 aromatic rings. The molecule has 2 aromatic heterocycles. The fourth-order valence-corrected chi connectivity index (χ4v) is 7.90. The number of H-pyrrole nitrogens is 2. The predicted octanol–water partition coefficient (Wildman–Crippen LogP) is 8.20. The van der Waals surface area contributed by atoms with Crippen LogP contribution in [0.5, 0.6) is 0 Å². The predicted molar refractivity (Wildman–Crippen MR) is 212 cm³/mol. The molecule has 2 N–H and O–H groups in total. The van der Waals surface area contributed by atoms with Crippen molar-refractivity contribution in [1.29, 1.82) is 0 Å². The van der Waals surface area contributed by atoms with Crippen molar-refractivity contribution in [3.8, 4) is 0 Å². The van der Waals surface area contributed by atoms with E-state index in [1.54, 1.807) is 9.80 Å². The van der Waals surface area contributed by atoms with Crippen LogP contribution in [-0.2, 0) is 45.0 Å². The molecular weight excluding hydrogens is 709 g/mol. The van der Waals surface area contributed by atoms with Crippen molar-refractivity contribution < 1.29 is 28.5 Å². The number of nitrogens with zero attached hydrogens (tertiary/aromatic N) is 4. The van der Waals surface area contributed by atoms with Gasteiger partial charge in [0.25, 0.3) is 0 Å². The second-order valence-corrected chi connectivity index (χ2v) is 14.5. The molecule has 0 saturated carbocycles. The highest BCUT2D eigenvalue weighted by Gasteiger charge is 2.40. The van der Waals surface area contributed by atoms with E-state index in [1.807, 2.05) is 86.6 Å². The van der Waals surface area contributed by atoms with E-state index in [-0.39, 0.29) is 49.7 Å². The smallest absolute Gasteiger partial charge is 0.410 e. The number of hydrogen-bond donors (Lipinski definition) is 2.